The van der Waals surface area contributed by atoms with Crippen molar-refractivity contribution in [3.8, 4) is 0 Å². The van der Waals surface area contributed by atoms with Gasteiger partial charge in [-0.15, -0.1) is 0 Å². The summed E-state index contributed by atoms with van der Waals surface area (Å²) >= 11 is 0. The Morgan fingerprint density at radius 1 is 0.833 bits per heavy atom. The van der Waals surface area contributed by atoms with Crippen LogP contribution in [0.2, 0.25) is 0 Å². The van der Waals surface area contributed by atoms with E-state index < -0.39 is 0 Å². The molecule has 2 amide bonds. The van der Waals surface area contributed by atoms with E-state index in [1.165, 1.54) is 0 Å². The quantitative estimate of drug-likeness (QED) is 0.539. The third-order valence-electron chi connectivity index (χ3n) is 3.59. The molecule has 2 fully saturated rings. The number of amides is 2. The number of hydrogen-bond acceptors (Lipinski definition) is 4. The molecule has 6 nitrogen and oxygen atoms in total. The maximum atomic E-state index is 12.2. The van der Waals surface area contributed by atoms with Gasteiger partial charge in [0.05, 0.1) is 0 Å². The van der Waals surface area contributed by atoms with Crippen LogP contribution >= 0.6 is 0 Å². The van der Waals surface area contributed by atoms with Gasteiger partial charge in [0, 0.05) is 45.8 Å². The molecule has 2 heterocycles. The van der Waals surface area contributed by atoms with Crippen molar-refractivity contribution >= 4 is 11.8 Å². The summed E-state index contributed by atoms with van der Waals surface area (Å²) in [6.45, 7) is 6.03. The molecule has 2 aliphatic rings. The fourth-order valence-corrected chi connectivity index (χ4v) is 2.39. The molecule has 0 bridgehead atoms. The lowest BCUT2D eigenvalue weighted by molar-refractivity contribution is -0.152. The van der Waals surface area contributed by atoms with Crippen molar-refractivity contribution in [2.45, 2.75) is 6.42 Å². The maximum Gasteiger partial charge on any atom is 0.312 e. The van der Waals surface area contributed by atoms with Crippen molar-refractivity contribution < 1.29 is 9.59 Å². The summed E-state index contributed by atoms with van der Waals surface area (Å²) in [4.78, 5) is 29.8. The number of carbonyl (C=O) groups excluding carboxylic acids is 2. The molecule has 2 rings (SSSR count). The highest BCUT2D eigenvalue weighted by Crippen LogP contribution is 2.04. The molecule has 1 N–H and O–H groups in total. The minimum absolute atomic E-state index is 0.327. The molecule has 0 radical (unpaired) electrons. The topological polar surface area (TPSA) is 55.9 Å². The van der Waals surface area contributed by atoms with E-state index in [4.69, 9.17) is 0 Å². The molecular weight excluding hydrogens is 232 g/mol. The number of nitrogens with one attached hydrogen (secondary N) is 1. The SMILES string of the molecule is CN1CCCN(C(=O)C(=O)N2CCNCC2)CC1. The average Bonchev–Trinajstić information content (AvgIpc) is 2.63. The lowest BCUT2D eigenvalue weighted by Crippen LogP contribution is -2.52. The highest BCUT2D eigenvalue weighted by atomic mass is 16.2. The van der Waals surface area contributed by atoms with Crippen LogP contribution < -0.4 is 5.32 Å². The van der Waals surface area contributed by atoms with Gasteiger partial charge in [0.25, 0.3) is 0 Å². The van der Waals surface area contributed by atoms with Crippen LogP contribution in [-0.2, 0) is 9.59 Å². The largest absolute Gasteiger partial charge is 0.333 e. The van der Waals surface area contributed by atoms with E-state index in [1.54, 1.807) is 9.80 Å². The van der Waals surface area contributed by atoms with Crippen molar-refractivity contribution in [3.63, 3.8) is 0 Å². The number of piperazine rings is 1. The van der Waals surface area contributed by atoms with Crippen LogP contribution in [0, 0.1) is 0 Å². The molecule has 0 aromatic carbocycles. The van der Waals surface area contributed by atoms with Crippen molar-refractivity contribution in [1.82, 2.24) is 20.0 Å². The van der Waals surface area contributed by atoms with Crippen molar-refractivity contribution in [2.75, 3.05) is 59.4 Å². The Labute approximate surface area is 108 Å². The summed E-state index contributed by atoms with van der Waals surface area (Å²) in [5, 5.41) is 3.18. The number of likely N-dealkylation sites (N-methyl/N-ethyl adjacent to an activating group) is 1. The maximum absolute atomic E-state index is 12.2. The predicted molar refractivity (Wildman–Crippen MR) is 68.1 cm³/mol. The van der Waals surface area contributed by atoms with E-state index in [-0.39, 0.29) is 11.8 Å². The van der Waals surface area contributed by atoms with E-state index in [9.17, 15) is 9.59 Å². The van der Waals surface area contributed by atoms with E-state index in [1.807, 2.05) is 7.05 Å². The van der Waals surface area contributed by atoms with Gasteiger partial charge in [-0.3, -0.25) is 9.59 Å². The first kappa shape index (κ1) is 13.3. The average molecular weight is 254 g/mol. The summed E-state index contributed by atoms with van der Waals surface area (Å²) in [6.07, 6.45) is 0.942. The Hall–Kier alpha value is -1.14. The molecule has 0 aromatic rings. The van der Waals surface area contributed by atoms with Crippen LogP contribution in [0.4, 0.5) is 0 Å². The molecule has 6 heteroatoms. The van der Waals surface area contributed by atoms with Gasteiger partial charge in [0.15, 0.2) is 0 Å². The monoisotopic (exact) mass is 254 g/mol. The Morgan fingerprint density at radius 2 is 1.44 bits per heavy atom. The zero-order chi connectivity index (χ0) is 13.0. The van der Waals surface area contributed by atoms with E-state index in [0.29, 0.717) is 26.2 Å². The zero-order valence-electron chi connectivity index (χ0n) is 11.0. The molecule has 0 aliphatic carbocycles. The molecule has 0 spiro atoms. The highest BCUT2D eigenvalue weighted by Gasteiger charge is 2.28. The van der Waals surface area contributed by atoms with Gasteiger partial charge in [-0.05, 0) is 20.0 Å². The Kier molecular flexibility index (Phi) is 4.54. The van der Waals surface area contributed by atoms with Gasteiger partial charge < -0.3 is 20.0 Å². The lowest BCUT2D eigenvalue weighted by Gasteiger charge is -2.29. The molecule has 2 aliphatic heterocycles. The van der Waals surface area contributed by atoms with E-state index >= 15 is 0 Å². The van der Waals surface area contributed by atoms with E-state index in [2.05, 4.69) is 10.2 Å². The fourth-order valence-electron chi connectivity index (χ4n) is 2.39. The molecular formula is C12H22N4O2. The fraction of sp³-hybridized carbons (Fsp3) is 0.833. The van der Waals surface area contributed by atoms with Gasteiger partial charge in [-0.25, -0.2) is 0 Å². The molecule has 102 valence electrons. The van der Waals surface area contributed by atoms with E-state index in [0.717, 1.165) is 32.6 Å². The Morgan fingerprint density at radius 3 is 2.11 bits per heavy atom. The second-order valence-corrected chi connectivity index (χ2v) is 4.99. The molecule has 0 atom stereocenters. The number of rotatable bonds is 0. The van der Waals surface area contributed by atoms with Crippen LogP contribution in [0.3, 0.4) is 0 Å². The van der Waals surface area contributed by atoms with Crippen molar-refractivity contribution in [3.05, 3.63) is 0 Å². The van der Waals surface area contributed by atoms with Crippen LogP contribution in [0.1, 0.15) is 6.42 Å². The van der Waals surface area contributed by atoms with Crippen LogP contribution in [0.15, 0.2) is 0 Å². The Balaban J connectivity index is 1.90. The molecule has 0 saturated carbocycles. The first-order chi connectivity index (χ1) is 8.68. The molecule has 0 unspecified atom stereocenters. The lowest BCUT2D eigenvalue weighted by atomic mass is 10.3. The van der Waals surface area contributed by atoms with Gasteiger partial charge >= 0.3 is 11.8 Å². The van der Waals surface area contributed by atoms with Crippen molar-refractivity contribution in [1.29, 1.82) is 0 Å². The zero-order valence-corrected chi connectivity index (χ0v) is 11.0. The smallest absolute Gasteiger partial charge is 0.312 e. The summed E-state index contributed by atoms with van der Waals surface area (Å²) < 4.78 is 0. The summed E-state index contributed by atoms with van der Waals surface area (Å²) in [7, 11) is 2.05. The summed E-state index contributed by atoms with van der Waals surface area (Å²) in [5.41, 5.74) is 0. The summed E-state index contributed by atoms with van der Waals surface area (Å²) in [6, 6.07) is 0. The van der Waals surface area contributed by atoms with Crippen LogP contribution in [0.25, 0.3) is 0 Å². The van der Waals surface area contributed by atoms with Crippen LogP contribution in [-0.4, -0.2) is 85.9 Å². The second kappa shape index (κ2) is 6.15. The molecule has 2 saturated heterocycles. The minimum Gasteiger partial charge on any atom is -0.333 e. The Bertz CT molecular complexity index is 315. The second-order valence-electron chi connectivity index (χ2n) is 4.99. The minimum atomic E-state index is -0.332. The highest BCUT2D eigenvalue weighted by molar-refractivity contribution is 6.34. The summed E-state index contributed by atoms with van der Waals surface area (Å²) in [5.74, 6) is -0.659. The first-order valence-electron chi connectivity index (χ1n) is 6.66. The van der Waals surface area contributed by atoms with Gasteiger partial charge in [-0.2, -0.15) is 0 Å². The van der Waals surface area contributed by atoms with Gasteiger partial charge in [-0.1, -0.05) is 0 Å². The third-order valence-corrected chi connectivity index (χ3v) is 3.59. The number of nitrogens with zero attached hydrogens (tertiary/aromatic N) is 3. The standard InChI is InChI=1S/C12H22N4O2/c1-14-5-2-6-15(10-9-14)11(17)12(18)16-7-3-13-4-8-16/h13H,2-10H2,1H3. The molecule has 18 heavy (non-hydrogen) atoms. The van der Waals surface area contributed by atoms with Gasteiger partial charge in [0.2, 0.25) is 0 Å². The normalized spacial score (nSPS) is 22.7. The predicted octanol–water partition coefficient (Wildman–Crippen LogP) is -1.42. The third kappa shape index (κ3) is 3.20. The number of carbonyl (C=O) groups is 2. The van der Waals surface area contributed by atoms with Crippen molar-refractivity contribution in [2.24, 2.45) is 0 Å². The van der Waals surface area contributed by atoms with Crippen LogP contribution in [0.5, 0.6) is 0 Å². The van der Waals surface area contributed by atoms with Gasteiger partial charge in [0.1, 0.15) is 0 Å². The number of hydrogen-bond donors (Lipinski definition) is 1. The first-order valence-corrected chi connectivity index (χ1v) is 6.66. The molecule has 0 aromatic heterocycles.